The number of carbonyl (C=O) groups is 2. The summed E-state index contributed by atoms with van der Waals surface area (Å²) in [5.74, 6) is 0.216. The van der Waals surface area contributed by atoms with Crippen molar-refractivity contribution in [2.24, 2.45) is 5.92 Å². The van der Waals surface area contributed by atoms with Crippen LogP contribution in [0.1, 0.15) is 60.0 Å². The Morgan fingerprint density at radius 2 is 1.82 bits per heavy atom. The lowest BCUT2D eigenvalue weighted by Crippen LogP contribution is -2.37. The van der Waals surface area contributed by atoms with Crippen LogP contribution in [0.4, 0.5) is 11.4 Å². The lowest BCUT2D eigenvalue weighted by molar-refractivity contribution is -0.119. The number of hydrogen-bond donors (Lipinski definition) is 1. The Hall–Kier alpha value is -2.86. The molecule has 0 radical (unpaired) electrons. The normalized spacial score (nSPS) is 18.1. The van der Waals surface area contributed by atoms with E-state index in [9.17, 15) is 9.59 Å². The molecule has 1 aliphatic heterocycles. The van der Waals surface area contributed by atoms with Crippen LogP contribution < -0.4 is 10.2 Å². The topological polar surface area (TPSA) is 61.9 Å². The number of nitrogens with one attached hydrogen (secondary N) is 1. The minimum absolute atomic E-state index is 0.00398. The first-order chi connectivity index (χ1) is 16.4. The van der Waals surface area contributed by atoms with Crippen LogP contribution in [-0.4, -0.2) is 50.1 Å². The SMILES string of the molecule is Cc1cccc(C(=O)N(Cc2cc(NC(=O)C3CCCC3)ccc2N(C)C)CC2CCCO2)c1. The maximum absolute atomic E-state index is 13.6. The molecule has 0 spiro atoms. The molecule has 2 fully saturated rings. The summed E-state index contributed by atoms with van der Waals surface area (Å²) in [6.07, 6.45) is 6.24. The molecule has 1 N–H and O–H groups in total. The Bertz CT molecular complexity index is 1010. The van der Waals surface area contributed by atoms with Gasteiger partial charge >= 0.3 is 0 Å². The van der Waals surface area contributed by atoms with Gasteiger partial charge in [0.15, 0.2) is 0 Å². The lowest BCUT2D eigenvalue weighted by Gasteiger charge is -2.28. The first kappa shape index (κ1) is 24.3. The lowest BCUT2D eigenvalue weighted by atomic mass is 10.1. The summed E-state index contributed by atoms with van der Waals surface area (Å²) in [4.78, 5) is 30.3. The van der Waals surface area contributed by atoms with E-state index in [1.807, 2.05) is 68.4 Å². The fraction of sp³-hybridized carbons (Fsp3) is 0.500. The third-order valence-corrected chi connectivity index (χ3v) is 6.92. The van der Waals surface area contributed by atoms with Crippen LogP contribution in [0.5, 0.6) is 0 Å². The van der Waals surface area contributed by atoms with E-state index < -0.39 is 0 Å². The van der Waals surface area contributed by atoms with Crippen LogP contribution in [0.25, 0.3) is 0 Å². The molecule has 0 bridgehead atoms. The van der Waals surface area contributed by atoms with E-state index in [0.29, 0.717) is 18.7 Å². The van der Waals surface area contributed by atoms with Crippen molar-refractivity contribution in [2.45, 2.75) is 58.1 Å². The van der Waals surface area contributed by atoms with Crippen molar-refractivity contribution in [1.82, 2.24) is 4.90 Å². The third-order valence-electron chi connectivity index (χ3n) is 6.92. The Labute approximate surface area is 203 Å². The van der Waals surface area contributed by atoms with Gasteiger partial charge in [-0.3, -0.25) is 9.59 Å². The Balaban J connectivity index is 1.60. The molecule has 34 heavy (non-hydrogen) atoms. The smallest absolute Gasteiger partial charge is 0.254 e. The van der Waals surface area contributed by atoms with Crippen molar-refractivity contribution in [3.63, 3.8) is 0 Å². The van der Waals surface area contributed by atoms with Crippen molar-refractivity contribution < 1.29 is 14.3 Å². The minimum Gasteiger partial charge on any atom is -0.377 e. The molecule has 2 aromatic rings. The number of rotatable bonds is 8. The summed E-state index contributed by atoms with van der Waals surface area (Å²) in [5, 5.41) is 3.12. The van der Waals surface area contributed by atoms with E-state index in [2.05, 4.69) is 10.2 Å². The zero-order valence-electron chi connectivity index (χ0n) is 20.7. The van der Waals surface area contributed by atoms with E-state index in [4.69, 9.17) is 4.74 Å². The second-order valence-corrected chi connectivity index (χ2v) is 9.90. The summed E-state index contributed by atoms with van der Waals surface area (Å²) in [5.41, 5.74) is 4.59. The molecule has 4 rings (SSSR count). The van der Waals surface area contributed by atoms with Crippen LogP contribution >= 0.6 is 0 Å². The summed E-state index contributed by atoms with van der Waals surface area (Å²) >= 11 is 0. The number of amides is 2. The number of hydrogen-bond acceptors (Lipinski definition) is 4. The summed E-state index contributed by atoms with van der Waals surface area (Å²) < 4.78 is 5.88. The average Bonchev–Trinajstić information content (AvgIpc) is 3.53. The van der Waals surface area contributed by atoms with Gasteiger partial charge in [-0.25, -0.2) is 0 Å². The van der Waals surface area contributed by atoms with Crippen LogP contribution in [0.15, 0.2) is 42.5 Å². The van der Waals surface area contributed by atoms with Crippen molar-refractivity contribution in [2.75, 3.05) is 37.5 Å². The van der Waals surface area contributed by atoms with Gasteiger partial charge in [-0.2, -0.15) is 0 Å². The molecule has 1 unspecified atom stereocenters. The van der Waals surface area contributed by atoms with Crippen LogP contribution in [0, 0.1) is 12.8 Å². The maximum atomic E-state index is 13.6. The molecule has 0 aromatic heterocycles. The summed E-state index contributed by atoms with van der Waals surface area (Å²) in [6, 6.07) is 13.8. The van der Waals surface area contributed by atoms with Gasteiger partial charge in [-0.1, -0.05) is 30.5 Å². The van der Waals surface area contributed by atoms with Gasteiger partial charge in [0.1, 0.15) is 0 Å². The number of nitrogens with zero attached hydrogens (tertiary/aromatic N) is 2. The number of aryl methyl sites for hydroxylation is 1. The molecule has 2 aromatic carbocycles. The van der Waals surface area contributed by atoms with E-state index in [-0.39, 0.29) is 23.8 Å². The molecule has 182 valence electrons. The van der Waals surface area contributed by atoms with E-state index in [0.717, 1.165) is 67.6 Å². The Kier molecular flexibility index (Phi) is 7.88. The van der Waals surface area contributed by atoms with Crippen molar-refractivity contribution >= 4 is 23.2 Å². The third kappa shape index (κ3) is 5.98. The van der Waals surface area contributed by atoms with Gasteiger partial charge in [0.2, 0.25) is 5.91 Å². The van der Waals surface area contributed by atoms with E-state index in [1.54, 1.807) is 0 Å². The highest BCUT2D eigenvalue weighted by Crippen LogP contribution is 2.29. The van der Waals surface area contributed by atoms with Crippen molar-refractivity contribution in [3.8, 4) is 0 Å². The van der Waals surface area contributed by atoms with E-state index in [1.165, 1.54) is 0 Å². The first-order valence-corrected chi connectivity index (χ1v) is 12.5. The standard InChI is InChI=1S/C28H37N3O3/c1-20-8-6-11-22(16-20)28(33)31(19-25-12-7-15-34-25)18-23-17-24(13-14-26(23)30(2)3)29-27(32)21-9-4-5-10-21/h6,8,11,13-14,16-17,21,25H,4-5,7,9-10,12,15,18-19H2,1-3H3,(H,29,32). The maximum Gasteiger partial charge on any atom is 0.254 e. The van der Waals surface area contributed by atoms with Crippen LogP contribution in [-0.2, 0) is 16.1 Å². The first-order valence-electron chi connectivity index (χ1n) is 12.5. The second-order valence-electron chi connectivity index (χ2n) is 9.90. The number of carbonyl (C=O) groups excluding carboxylic acids is 2. The zero-order valence-corrected chi connectivity index (χ0v) is 20.7. The summed E-state index contributed by atoms with van der Waals surface area (Å²) in [6.45, 7) is 3.76. The monoisotopic (exact) mass is 463 g/mol. The molecular formula is C28H37N3O3. The molecule has 6 nitrogen and oxygen atoms in total. The Morgan fingerprint density at radius 1 is 1.03 bits per heavy atom. The van der Waals surface area contributed by atoms with Gasteiger partial charge in [-0.15, -0.1) is 0 Å². The zero-order chi connectivity index (χ0) is 24.1. The highest BCUT2D eigenvalue weighted by Gasteiger charge is 2.26. The molecule has 1 saturated carbocycles. The quantitative estimate of drug-likeness (QED) is 0.598. The van der Waals surface area contributed by atoms with Gasteiger partial charge in [0, 0.05) is 56.6 Å². The van der Waals surface area contributed by atoms with Gasteiger partial charge in [-0.05, 0) is 68.5 Å². The highest BCUT2D eigenvalue weighted by molar-refractivity contribution is 5.95. The molecule has 2 amide bonds. The predicted octanol–water partition coefficient (Wildman–Crippen LogP) is 5.01. The number of ether oxygens (including phenoxy) is 1. The second kappa shape index (κ2) is 11.0. The summed E-state index contributed by atoms with van der Waals surface area (Å²) in [7, 11) is 4.00. The molecule has 1 aliphatic carbocycles. The van der Waals surface area contributed by atoms with Crippen molar-refractivity contribution in [3.05, 3.63) is 59.2 Å². The molecule has 2 aliphatic rings. The highest BCUT2D eigenvalue weighted by atomic mass is 16.5. The predicted molar refractivity (Wildman–Crippen MR) is 136 cm³/mol. The number of anilines is 2. The fourth-order valence-corrected chi connectivity index (χ4v) is 5.08. The van der Waals surface area contributed by atoms with E-state index >= 15 is 0 Å². The molecule has 1 atom stereocenters. The van der Waals surface area contributed by atoms with Crippen molar-refractivity contribution in [1.29, 1.82) is 0 Å². The van der Waals surface area contributed by atoms with Gasteiger partial charge in [0.05, 0.1) is 6.10 Å². The van der Waals surface area contributed by atoms with Gasteiger partial charge in [0.25, 0.3) is 5.91 Å². The average molecular weight is 464 g/mol. The number of benzene rings is 2. The fourth-order valence-electron chi connectivity index (χ4n) is 5.08. The molecule has 6 heteroatoms. The minimum atomic E-state index is 0.00398. The molecule has 1 saturated heterocycles. The van der Waals surface area contributed by atoms with Crippen LogP contribution in [0.3, 0.4) is 0 Å². The largest absolute Gasteiger partial charge is 0.377 e. The van der Waals surface area contributed by atoms with Gasteiger partial charge < -0.3 is 19.9 Å². The van der Waals surface area contributed by atoms with Crippen LogP contribution in [0.2, 0.25) is 0 Å². The molecule has 1 heterocycles. The molecular weight excluding hydrogens is 426 g/mol. The Morgan fingerprint density at radius 3 is 2.50 bits per heavy atom.